The Morgan fingerprint density at radius 2 is 2.14 bits per heavy atom. The third kappa shape index (κ3) is 2.76. The van der Waals surface area contributed by atoms with E-state index in [0.717, 1.165) is 0 Å². The van der Waals surface area contributed by atoms with Crippen LogP contribution < -0.4 is 11.1 Å². The fourth-order valence-electron chi connectivity index (χ4n) is 1.85. The molecule has 7 heteroatoms. The molecule has 0 fully saturated rings. The topological polar surface area (TPSA) is 101 Å². The Hall–Kier alpha value is -3.09. The lowest BCUT2D eigenvalue weighted by molar-refractivity contribution is 0.0995. The maximum Gasteiger partial charge on any atom is 0.439 e. The van der Waals surface area contributed by atoms with E-state index in [4.69, 9.17) is 4.42 Å². The van der Waals surface area contributed by atoms with Gasteiger partial charge in [-0.05, 0) is 31.2 Å². The van der Waals surface area contributed by atoms with E-state index in [-0.39, 0.29) is 11.7 Å². The first-order valence-corrected chi connectivity index (χ1v) is 6.16. The Morgan fingerprint density at radius 3 is 2.81 bits per heavy atom. The highest BCUT2D eigenvalue weighted by Gasteiger charge is 2.11. The van der Waals surface area contributed by atoms with E-state index in [1.165, 1.54) is 0 Å². The molecule has 106 valence electrons. The molecule has 2 N–H and O–H groups in total. The van der Waals surface area contributed by atoms with Crippen molar-refractivity contribution in [2.45, 2.75) is 6.92 Å². The molecule has 1 amide bonds. The first-order valence-electron chi connectivity index (χ1n) is 6.16. The van der Waals surface area contributed by atoms with E-state index in [1.54, 1.807) is 43.3 Å². The maximum atomic E-state index is 12.0. The Labute approximate surface area is 118 Å². The lowest BCUT2D eigenvalue weighted by atomic mass is 10.2. The van der Waals surface area contributed by atoms with Crippen LogP contribution in [0.2, 0.25) is 0 Å². The van der Waals surface area contributed by atoms with Gasteiger partial charge in [-0.1, -0.05) is 17.3 Å². The van der Waals surface area contributed by atoms with Gasteiger partial charge in [-0.15, -0.1) is 0 Å². The number of carbonyl (C=O) groups is 1. The van der Waals surface area contributed by atoms with Crippen molar-refractivity contribution in [3.63, 3.8) is 0 Å². The summed E-state index contributed by atoms with van der Waals surface area (Å²) < 4.78 is 9.70. The number of nitrogens with one attached hydrogen (secondary N) is 2. The predicted octanol–water partition coefficient (Wildman–Crippen LogP) is 2.18. The Kier molecular flexibility index (Phi) is 3.15. The zero-order valence-corrected chi connectivity index (χ0v) is 11.0. The van der Waals surface area contributed by atoms with Crippen LogP contribution in [0.15, 0.2) is 50.1 Å². The van der Waals surface area contributed by atoms with Crippen molar-refractivity contribution in [3.05, 3.63) is 58.5 Å². The van der Waals surface area contributed by atoms with Gasteiger partial charge in [0.1, 0.15) is 5.76 Å². The number of H-pyrrole nitrogens is 1. The van der Waals surface area contributed by atoms with Crippen LogP contribution in [0.3, 0.4) is 0 Å². The van der Waals surface area contributed by atoms with Crippen LogP contribution in [0.1, 0.15) is 16.3 Å². The number of nitrogens with zero attached hydrogens (tertiary/aromatic N) is 1. The van der Waals surface area contributed by atoms with E-state index in [1.807, 2.05) is 0 Å². The molecule has 0 aliphatic heterocycles. The summed E-state index contributed by atoms with van der Waals surface area (Å²) in [5.74, 6) is 0.200. The van der Waals surface area contributed by atoms with E-state index < -0.39 is 5.76 Å². The molecule has 1 aromatic carbocycles. The number of benzene rings is 1. The second-order valence-electron chi connectivity index (χ2n) is 4.39. The first-order chi connectivity index (χ1) is 10.1. The molecule has 0 saturated carbocycles. The molecular formula is C14H11N3O4. The molecule has 21 heavy (non-hydrogen) atoms. The van der Waals surface area contributed by atoms with Gasteiger partial charge in [-0.2, -0.15) is 0 Å². The number of rotatable bonds is 3. The van der Waals surface area contributed by atoms with Crippen LogP contribution in [-0.2, 0) is 0 Å². The minimum atomic E-state index is -0.634. The molecule has 7 nitrogen and oxygen atoms in total. The van der Waals surface area contributed by atoms with Gasteiger partial charge in [0.2, 0.25) is 0 Å². The van der Waals surface area contributed by atoms with Crippen LogP contribution in [0.4, 0.5) is 5.69 Å². The largest absolute Gasteiger partial charge is 0.456 e. The molecule has 0 bridgehead atoms. The molecule has 0 unspecified atom stereocenters. The number of hydrogen-bond acceptors (Lipinski definition) is 5. The number of hydrogen-bond donors (Lipinski definition) is 2. The smallest absolute Gasteiger partial charge is 0.439 e. The monoisotopic (exact) mass is 285 g/mol. The van der Waals surface area contributed by atoms with Crippen molar-refractivity contribution in [2.75, 3.05) is 5.32 Å². The summed E-state index contributed by atoms with van der Waals surface area (Å²) in [6.07, 6.45) is 0. The van der Waals surface area contributed by atoms with Crippen molar-refractivity contribution in [1.29, 1.82) is 0 Å². The average Bonchev–Trinajstić information content (AvgIpc) is 3.08. The van der Waals surface area contributed by atoms with Crippen LogP contribution in [0.5, 0.6) is 0 Å². The third-order valence-electron chi connectivity index (χ3n) is 2.80. The first kappa shape index (κ1) is 12.9. The fraction of sp³-hybridized carbons (Fsp3) is 0.0714. The zero-order chi connectivity index (χ0) is 14.8. The second kappa shape index (κ2) is 5.12. The molecule has 3 aromatic rings. The summed E-state index contributed by atoms with van der Waals surface area (Å²) in [5, 5.41) is 6.30. The van der Waals surface area contributed by atoms with Crippen LogP contribution in [0.25, 0.3) is 11.4 Å². The van der Waals surface area contributed by atoms with Crippen molar-refractivity contribution >= 4 is 11.6 Å². The van der Waals surface area contributed by atoms with Crippen molar-refractivity contribution < 1.29 is 13.7 Å². The van der Waals surface area contributed by atoms with Gasteiger partial charge in [0, 0.05) is 11.3 Å². The van der Waals surface area contributed by atoms with Gasteiger partial charge < -0.3 is 9.73 Å². The summed E-state index contributed by atoms with van der Waals surface area (Å²) in [5.41, 5.74) is 1.17. The number of aromatic nitrogens is 2. The number of carbonyl (C=O) groups excluding carboxylic acids is 1. The summed E-state index contributed by atoms with van der Waals surface area (Å²) in [4.78, 5) is 25.4. The summed E-state index contributed by atoms with van der Waals surface area (Å²) >= 11 is 0. The quantitative estimate of drug-likeness (QED) is 0.768. The Morgan fingerprint density at radius 1 is 1.29 bits per heavy atom. The molecule has 3 rings (SSSR count). The minimum Gasteiger partial charge on any atom is -0.456 e. The van der Waals surface area contributed by atoms with Crippen molar-refractivity contribution in [2.24, 2.45) is 0 Å². The highest BCUT2D eigenvalue weighted by Crippen LogP contribution is 2.19. The number of anilines is 1. The minimum absolute atomic E-state index is 0.229. The van der Waals surface area contributed by atoms with Crippen LogP contribution in [0, 0.1) is 6.92 Å². The van der Waals surface area contributed by atoms with E-state index in [2.05, 4.69) is 20.0 Å². The van der Waals surface area contributed by atoms with Crippen LogP contribution in [-0.4, -0.2) is 16.0 Å². The van der Waals surface area contributed by atoms with Gasteiger partial charge in [0.05, 0.1) is 0 Å². The number of furan rings is 1. The normalized spacial score (nSPS) is 10.5. The van der Waals surface area contributed by atoms with Gasteiger partial charge in [0.15, 0.2) is 11.6 Å². The molecule has 0 atom stereocenters. The number of amides is 1. The lowest BCUT2D eigenvalue weighted by Gasteiger charge is -2.04. The van der Waals surface area contributed by atoms with Crippen molar-refractivity contribution in [3.8, 4) is 11.4 Å². The summed E-state index contributed by atoms with van der Waals surface area (Å²) in [6.45, 7) is 1.76. The molecular weight excluding hydrogens is 274 g/mol. The molecule has 0 aliphatic rings. The summed E-state index contributed by atoms with van der Waals surface area (Å²) in [7, 11) is 0. The molecule has 0 spiro atoms. The molecule has 0 saturated heterocycles. The fourth-order valence-corrected chi connectivity index (χ4v) is 1.85. The SMILES string of the molecule is Cc1ccc(C(=O)Nc2cccc(-c3noc(=O)[nH]3)c2)o1. The second-order valence-corrected chi connectivity index (χ2v) is 4.39. The lowest BCUT2D eigenvalue weighted by Crippen LogP contribution is -2.10. The van der Waals surface area contributed by atoms with E-state index in [0.29, 0.717) is 22.8 Å². The van der Waals surface area contributed by atoms with E-state index >= 15 is 0 Å². The number of aromatic amines is 1. The molecule has 2 aromatic heterocycles. The van der Waals surface area contributed by atoms with Crippen molar-refractivity contribution in [1.82, 2.24) is 10.1 Å². The molecule has 0 radical (unpaired) electrons. The Bertz CT molecular complexity index is 844. The summed E-state index contributed by atoms with van der Waals surface area (Å²) in [6, 6.07) is 10.2. The van der Waals surface area contributed by atoms with E-state index in [9.17, 15) is 9.59 Å². The third-order valence-corrected chi connectivity index (χ3v) is 2.80. The zero-order valence-electron chi connectivity index (χ0n) is 11.0. The maximum absolute atomic E-state index is 12.0. The van der Waals surface area contributed by atoms with Gasteiger partial charge in [-0.25, -0.2) is 4.79 Å². The van der Waals surface area contributed by atoms with Crippen LogP contribution >= 0.6 is 0 Å². The standard InChI is InChI=1S/C14H11N3O4/c1-8-5-6-11(20-8)13(18)15-10-4-2-3-9(7-10)12-16-14(19)21-17-12/h2-7H,1H3,(H,15,18)(H,16,17,19). The van der Waals surface area contributed by atoms with Gasteiger partial charge in [-0.3, -0.25) is 14.3 Å². The molecule has 0 aliphatic carbocycles. The van der Waals surface area contributed by atoms with Gasteiger partial charge in [0.25, 0.3) is 5.91 Å². The predicted molar refractivity (Wildman–Crippen MR) is 74.0 cm³/mol. The molecule has 2 heterocycles. The average molecular weight is 285 g/mol. The highest BCUT2D eigenvalue weighted by atomic mass is 16.5. The highest BCUT2D eigenvalue weighted by molar-refractivity contribution is 6.02. The number of aryl methyl sites for hydroxylation is 1. The Balaban J connectivity index is 1.83. The van der Waals surface area contributed by atoms with Gasteiger partial charge >= 0.3 is 5.76 Å².